The van der Waals surface area contributed by atoms with Crippen LogP contribution in [0.4, 0.5) is 4.79 Å². The molecule has 0 aliphatic rings. The molecule has 0 aromatic heterocycles. The van der Waals surface area contributed by atoms with Crippen molar-refractivity contribution in [2.24, 2.45) is 0 Å². The van der Waals surface area contributed by atoms with E-state index in [2.05, 4.69) is 26.6 Å². The average molecular weight is 349 g/mol. The second-order valence-electron chi connectivity index (χ2n) is 4.37. The molecule has 0 fully saturated rings. The van der Waals surface area contributed by atoms with E-state index in [0.717, 1.165) is 15.8 Å². The third kappa shape index (κ3) is 5.47. The predicted molar refractivity (Wildman–Crippen MR) is 86.3 cm³/mol. The molecule has 110 valence electrons. The minimum absolute atomic E-state index is 0.199. The minimum Gasteiger partial charge on any atom is -0.491 e. The zero-order valence-corrected chi connectivity index (χ0v) is 13.1. The second kappa shape index (κ2) is 8.32. The van der Waals surface area contributed by atoms with Crippen LogP contribution in [0.2, 0.25) is 0 Å². The van der Waals surface area contributed by atoms with Crippen molar-refractivity contribution in [1.82, 2.24) is 10.6 Å². The van der Waals surface area contributed by atoms with Crippen molar-refractivity contribution in [2.75, 3.05) is 13.2 Å². The molecule has 0 aliphatic carbocycles. The number of nitrogens with one attached hydrogen (secondary N) is 2. The van der Waals surface area contributed by atoms with E-state index < -0.39 is 0 Å². The van der Waals surface area contributed by atoms with Gasteiger partial charge in [-0.25, -0.2) is 4.79 Å². The standard InChI is InChI=1S/C16H17BrN2O2/c17-14-8-4-5-9-15(14)21-11-10-18-16(20)19-12-13-6-2-1-3-7-13/h1-9H,10-12H2,(H2,18,19,20). The fourth-order valence-electron chi connectivity index (χ4n) is 1.73. The van der Waals surface area contributed by atoms with Gasteiger partial charge in [0, 0.05) is 6.54 Å². The highest BCUT2D eigenvalue weighted by atomic mass is 79.9. The molecule has 0 radical (unpaired) electrons. The molecule has 0 bridgehead atoms. The molecule has 2 rings (SSSR count). The number of carbonyl (C=O) groups excluding carboxylic acids is 1. The summed E-state index contributed by atoms with van der Waals surface area (Å²) in [5.74, 6) is 0.768. The Balaban J connectivity index is 1.62. The maximum atomic E-state index is 11.6. The molecular weight excluding hydrogens is 332 g/mol. The fourth-order valence-corrected chi connectivity index (χ4v) is 2.13. The van der Waals surface area contributed by atoms with E-state index in [0.29, 0.717) is 19.7 Å². The van der Waals surface area contributed by atoms with Gasteiger partial charge in [-0.1, -0.05) is 42.5 Å². The van der Waals surface area contributed by atoms with Gasteiger partial charge in [0.25, 0.3) is 0 Å². The Morgan fingerprint density at radius 1 is 1.00 bits per heavy atom. The molecule has 21 heavy (non-hydrogen) atoms. The van der Waals surface area contributed by atoms with Gasteiger partial charge in [-0.3, -0.25) is 0 Å². The summed E-state index contributed by atoms with van der Waals surface area (Å²) in [6.07, 6.45) is 0. The fraction of sp³-hybridized carbons (Fsp3) is 0.188. The molecule has 2 aromatic carbocycles. The van der Waals surface area contributed by atoms with Gasteiger partial charge in [0.05, 0.1) is 11.0 Å². The van der Waals surface area contributed by atoms with Crippen molar-refractivity contribution in [2.45, 2.75) is 6.54 Å². The van der Waals surface area contributed by atoms with Crippen molar-refractivity contribution in [3.05, 3.63) is 64.6 Å². The van der Waals surface area contributed by atoms with Crippen LogP contribution in [0.3, 0.4) is 0 Å². The van der Waals surface area contributed by atoms with Crippen LogP contribution in [0.15, 0.2) is 59.1 Å². The number of hydrogen-bond donors (Lipinski definition) is 2. The lowest BCUT2D eigenvalue weighted by atomic mass is 10.2. The predicted octanol–water partition coefficient (Wildman–Crippen LogP) is 3.33. The lowest BCUT2D eigenvalue weighted by molar-refractivity contribution is 0.236. The van der Waals surface area contributed by atoms with Gasteiger partial charge in [0.1, 0.15) is 12.4 Å². The maximum Gasteiger partial charge on any atom is 0.315 e. The van der Waals surface area contributed by atoms with Crippen LogP contribution in [0.1, 0.15) is 5.56 Å². The van der Waals surface area contributed by atoms with Crippen molar-refractivity contribution in [1.29, 1.82) is 0 Å². The Morgan fingerprint density at radius 2 is 1.71 bits per heavy atom. The van der Waals surface area contributed by atoms with Gasteiger partial charge in [0.15, 0.2) is 0 Å². The van der Waals surface area contributed by atoms with E-state index in [1.54, 1.807) is 0 Å². The monoisotopic (exact) mass is 348 g/mol. The first kappa shape index (κ1) is 15.4. The smallest absolute Gasteiger partial charge is 0.315 e. The number of hydrogen-bond acceptors (Lipinski definition) is 2. The van der Waals surface area contributed by atoms with Gasteiger partial charge >= 0.3 is 6.03 Å². The van der Waals surface area contributed by atoms with E-state index >= 15 is 0 Å². The zero-order chi connectivity index (χ0) is 14.9. The first-order valence-corrected chi connectivity index (χ1v) is 7.48. The lowest BCUT2D eigenvalue weighted by Crippen LogP contribution is -2.37. The molecule has 2 amide bonds. The molecule has 0 spiro atoms. The van der Waals surface area contributed by atoms with Crippen LogP contribution >= 0.6 is 15.9 Å². The number of ether oxygens (including phenoxy) is 1. The molecule has 2 N–H and O–H groups in total. The zero-order valence-electron chi connectivity index (χ0n) is 11.5. The summed E-state index contributed by atoms with van der Waals surface area (Å²) in [6.45, 7) is 1.38. The van der Waals surface area contributed by atoms with Gasteiger partial charge in [-0.15, -0.1) is 0 Å². The molecule has 5 heteroatoms. The Kier molecular flexibility index (Phi) is 6.09. The summed E-state index contributed by atoms with van der Waals surface area (Å²) >= 11 is 3.40. The van der Waals surface area contributed by atoms with Crippen LogP contribution < -0.4 is 15.4 Å². The van der Waals surface area contributed by atoms with E-state index in [4.69, 9.17) is 4.74 Å². The Hall–Kier alpha value is -2.01. The number of para-hydroxylation sites is 1. The number of carbonyl (C=O) groups is 1. The highest BCUT2D eigenvalue weighted by molar-refractivity contribution is 9.10. The molecule has 0 atom stereocenters. The largest absolute Gasteiger partial charge is 0.491 e. The van der Waals surface area contributed by atoms with Crippen LogP contribution in [-0.2, 0) is 6.54 Å². The normalized spacial score (nSPS) is 9.95. The molecule has 0 aliphatic heterocycles. The minimum atomic E-state index is -0.199. The molecule has 2 aromatic rings. The summed E-state index contributed by atoms with van der Waals surface area (Å²) in [7, 11) is 0. The summed E-state index contributed by atoms with van der Waals surface area (Å²) < 4.78 is 6.46. The number of benzene rings is 2. The number of amides is 2. The van der Waals surface area contributed by atoms with Crippen LogP contribution in [-0.4, -0.2) is 19.2 Å². The topological polar surface area (TPSA) is 50.4 Å². The van der Waals surface area contributed by atoms with Crippen molar-refractivity contribution >= 4 is 22.0 Å². The first-order valence-electron chi connectivity index (χ1n) is 6.68. The van der Waals surface area contributed by atoms with Crippen LogP contribution in [0.25, 0.3) is 0 Å². The summed E-state index contributed by atoms with van der Waals surface area (Å²) in [6, 6.07) is 17.2. The third-order valence-corrected chi connectivity index (χ3v) is 3.43. The maximum absolute atomic E-state index is 11.6. The van der Waals surface area contributed by atoms with E-state index in [1.165, 1.54) is 0 Å². The van der Waals surface area contributed by atoms with E-state index in [1.807, 2.05) is 54.6 Å². The third-order valence-electron chi connectivity index (χ3n) is 2.78. The average Bonchev–Trinajstić information content (AvgIpc) is 2.52. The summed E-state index contributed by atoms with van der Waals surface area (Å²) in [4.78, 5) is 11.6. The quantitative estimate of drug-likeness (QED) is 0.786. The number of halogens is 1. The van der Waals surface area contributed by atoms with Gasteiger partial charge in [-0.2, -0.15) is 0 Å². The van der Waals surface area contributed by atoms with E-state index in [-0.39, 0.29) is 6.03 Å². The molecule has 0 saturated carbocycles. The lowest BCUT2D eigenvalue weighted by Gasteiger charge is -2.10. The Morgan fingerprint density at radius 3 is 2.48 bits per heavy atom. The Labute approximate surface area is 132 Å². The molecule has 0 heterocycles. The number of urea groups is 1. The number of rotatable bonds is 6. The summed E-state index contributed by atoms with van der Waals surface area (Å²) in [5.41, 5.74) is 1.07. The SMILES string of the molecule is O=C(NCCOc1ccccc1Br)NCc1ccccc1. The molecule has 0 unspecified atom stereocenters. The van der Waals surface area contributed by atoms with Crippen molar-refractivity contribution in [3.8, 4) is 5.75 Å². The molecule has 0 saturated heterocycles. The Bertz CT molecular complexity index is 575. The van der Waals surface area contributed by atoms with Crippen LogP contribution in [0, 0.1) is 0 Å². The van der Waals surface area contributed by atoms with Gasteiger partial charge in [-0.05, 0) is 33.6 Å². The summed E-state index contributed by atoms with van der Waals surface area (Å²) in [5, 5.41) is 5.55. The highest BCUT2D eigenvalue weighted by Crippen LogP contribution is 2.23. The van der Waals surface area contributed by atoms with Gasteiger partial charge in [0.2, 0.25) is 0 Å². The highest BCUT2D eigenvalue weighted by Gasteiger charge is 2.01. The van der Waals surface area contributed by atoms with Crippen LogP contribution in [0.5, 0.6) is 5.75 Å². The second-order valence-corrected chi connectivity index (χ2v) is 5.23. The first-order chi connectivity index (χ1) is 10.3. The van der Waals surface area contributed by atoms with E-state index in [9.17, 15) is 4.79 Å². The van der Waals surface area contributed by atoms with Gasteiger partial charge < -0.3 is 15.4 Å². The van der Waals surface area contributed by atoms with Crippen molar-refractivity contribution < 1.29 is 9.53 Å². The molecule has 4 nitrogen and oxygen atoms in total. The molecular formula is C16H17BrN2O2. The van der Waals surface area contributed by atoms with Crippen molar-refractivity contribution in [3.63, 3.8) is 0 Å².